The van der Waals surface area contributed by atoms with Crippen molar-refractivity contribution in [1.29, 1.82) is 0 Å². The summed E-state index contributed by atoms with van der Waals surface area (Å²) in [6.07, 6.45) is 3.63. The first-order valence-corrected chi connectivity index (χ1v) is 13.1. The molecule has 6 rings (SSSR count). The third kappa shape index (κ3) is 4.33. The minimum absolute atomic E-state index is 0.130. The molecule has 38 heavy (non-hydrogen) atoms. The summed E-state index contributed by atoms with van der Waals surface area (Å²) in [4.78, 5) is 30.4. The Bertz CT molecular complexity index is 1970. The normalized spacial score (nSPS) is 11.8. The van der Waals surface area contributed by atoms with Gasteiger partial charge < -0.3 is 4.74 Å². The number of hydrogen-bond donors (Lipinski definition) is 0. The van der Waals surface area contributed by atoms with E-state index in [1.807, 2.05) is 60.8 Å². The highest BCUT2D eigenvalue weighted by molar-refractivity contribution is 9.10. The monoisotopic (exact) mass is 583 g/mol. The molecule has 0 unspecified atom stereocenters. The number of thiazole rings is 1. The van der Waals surface area contributed by atoms with E-state index in [9.17, 15) is 9.59 Å². The van der Waals surface area contributed by atoms with Crippen LogP contribution in [-0.2, 0) is 0 Å². The molecule has 0 saturated carbocycles. The van der Waals surface area contributed by atoms with Gasteiger partial charge in [0.1, 0.15) is 11.4 Å². The van der Waals surface area contributed by atoms with Crippen LogP contribution in [-0.4, -0.2) is 31.5 Å². The van der Waals surface area contributed by atoms with Crippen molar-refractivity contribution in [3.63, 3.8) is 0 Å². The standard InChI is InChI=1S/C28H18BrN5O3S/c1-37-22-13-12-18(14-21(22)29)24-19(16-33(31-24)20-10-6-3-7-11-20)15-23-27(36)34-28(38-23)30-26(35)25(32-34)17-8-4-2-5-9-17/h2-16H,1H3/b23-15-. The van der Waals surface area contributed by atoms with E-state index in [1.54, 1.807) is 42.1 Å². The van der Waals surface area contributed by atoms with Gasteiger partial charge in [-0.3, -0.25) is 9.59 Å². The minimum Gasteiger partial charge on any atom is -0.496 e. The lowest BCUT2D eigenvalue weighted by molar-refractivity contribution is 0.412. The highest BCUT2D eigenvalue weighted by atomic mass is 79.9. The highest BCUT2D eigenvalue weighted by Crippen LogP contribution is 2.32. The maximum atomic E-state index is 13.4. The van der Waals surface area contributed by atoms with Crippen molar-refractivity contribution in [1.82, 2.24) is 24.4 Å². The van der Waals surface area contributed by atoms with Crippen molar-refractivity contribution in [3.8, 4) is 34.0 Å². The van der Waals surface area contributed by atoms with Gasteiger partial charge in [-0.05, 0) is 52.3 Å². The lowest BCUT2D eigenvalue weighted by atomic mass is 10.1. The van der Waals surface area contributed by atoms with Gasteiger partial charge in [0.25, 0.3) is 5.56 Å². The van der Waals surface area contributed by atoms with Crippen molar-refractivity contribution in [2.24, 2.45) is 0 Å². The van der Waals surface area contributed by atoms with Crippen molar-refractivity contribution in [2.75, 3.05) is 7.11 Å². The summed E-state index contributed by atoms with van der Waals surface area (Å²) in [6, 6.07) is 24.4. The average Bonchev–Trinajstić information content (AvgIpc) is 3.50. The molecule has 0 atom stereocenters. The van der Waals surface area contributed by atoms with Gasteiger partial charge >= 0.3 is 5.56 Å². The number of halogens is 1. The van der Waals surface area contributed by atoms with E-state index < -0.39 is 5.56 Å². The second kappa shape index (κ2) is 9.81. The number of ether oxygens (including phenoxy) is 1. The maximum absolute atomic E-state index is 13.4. The molecule has 0 aliphatic carbocycles. The van der Waals surface area contributed by atoms with Gasteiger partial charge in [-0.15, -0.1) is 0 Å². The predicted octanol–water partition coefficient (Wildman–Crippen LogP) is 4.35. The molecule has 0 spiro atoms. The number of para-hydroxylation sites is 1. The van der Waals surface area contributed by atoms with Crippen LogP contribution < -0.4 is 20.4 Å². The summed E-state index contributed by atoms with van der Waals surface area (Å²) >= 11 is 4.66. The van der Waals surface area contributed by atoms with E-state index >= 15 is 0 Å². The van der Waals surface area contributed by atoms with Crippen LogP contribution in [0.4, 0.5) is 0 Å². The Morgan fingerprint density at radius 2 is 1.63 bits per heavy atom. The van der Waals surface area contributed by atoms with Gasteiger partial charge in [0, 0.05) is 22.9 Å². The molecule has 3 heterocycles. The summed E-state index contributed by atoms with van der Waals surface area (Å²) in [5, 5.41) is 9.18. The van der Waals surface area contributed by atoms with Crippen LogP contribution in [0.25, 0.3) is 39.2 Å². The molecule has 0 fully saturated rings. The van der Waals surface area contributed by atoms with E-state index in [2.05, 4.69) is 26.0 Å². The van der Waals surface area contributed by atoms with Gasteiger partial charge in [0.2, 0.25) is 4.96 Å². The fourth-order valence-electron chi connectivity index (χ4n) is 4.07. The first kappa shape index (κ1) is 24.0. The zero-order valence-electron chi connectivity index (χ0n) is 19.9. The number of fused-ring (bicyclic) bond motifs is 1. The summed E-state index contributed by atoms with van der Waals surface area (Å²) < 4.78 is 9.50. The molecule has 0 amide bonds. The van der Waals surface area contributed by atoms with Gasteiger partial charge in [0.05, 0.1) is 21.8 Å². The van der Waals surface area contributed by atoms with Crippen molar-refractivity contribution >= 4 is 38.3 Å². The molecule has 6 aromatic rings. The first-order chi connectivity index (χ1) is 18.5. The molecule has 0 radical (unpaired) electrons. The van der Waals surface area contributed by atoms with Crippen molar-refractivity contribution < 1.29 is 4.74 Å². The fourth-order valence-corrected chi connectivity index (χ4v) is 5.51. The highest BCUT2D eigenvalue weighted by Gasteiger charge is 2.16. The molecule has 3 aromatic carbocycles. The second-order valence-corrected chi connectivity index (χ2v) is 10.2. The third-order valence-corrected chi connectivity index (χ3v) is 7.49. The number of benzene rings is 3. The van der Waals surface area contributed by atoms with E-state index in [1.165, 1.54) is 4.52 Å². The topological polar surface area (TPSA) is 91.4 Å². The molecule has 10 heteroatoms. The average molecular weight is 584 g/mol. The SMILES string of the molecule is COc1ccc(-c2nn(-c3ccccc3)cc2/C=c2\sc3nc(=O)c(-c4ccccc4)nn3c2=O)cc1Br. The molecule has 8 nitrogen and oxygen atoms in total. The second-order valence-electron chi connectivity index (χ2n) is 8.30. The summed E-state index contributed by atoms with van der Waals surface area (Å²) in [5.74, 6) is 0.698. The molecule has 3 aromatic heterocycles. The van der Waals surface area contributed by atoms with Crippen LogP contribution >= 0.6 is 27.3 Å². The van der Waals surface area contributed by atoms with E-state index in [4.69, 9.17) is 9.84 Å². The Hall–Kier alpha value is -4.41. The van der Waals surface area contributed by atoms with Gasteiger partial charge in [-0.1, -0.05) is 59.9 Å². The van der Waals surface area contributed by atoms with Crippen LogP contribution in [0.2, 0.25) is 0 Å². The smallest absolute Gasteiger partial charge is 0.300 e. The van der Waals surface area contributed by atoms with Crippen LogP contribution in [0.5, 0.6) is 5.75 Å². The van der Waals surface area contributed by atoms with Crippen molar-refractivity contribution in [3.05, 3.63) is 120 Å². The molecule has 0 saturated heterocycles. The van der Waals surface area contributed by atoms with Crippen LogP contribution in [0.15, 0.2) is 99.1 Å². The lowest BCUT2D eigenvalue weighted by Crippen LogP contribution is -2.26. The number of aromatic nitrogens is 5. The quantitative estimate of drug-likeness (QED) is 0.299. The first-order valence-electron chi connectivity index (χ1n) is 11.5. The number of methoxy groups -OCH3 is 1. The molecule has 0 aliphatic rings. The fraction of sp³-hybridized carbons (Fsp3) is 0.0357. The predicted molar refractivity (Wildman–Crippen MR) is 151 cm³/mol. The zero-order chi connectivity index (χ0) is 26.2. The Balaban J connectivity index is 1.55. The number of nitrogens with zero attached hydrogens (tertiary/aromatic N) is 5. The molecule has 186 valence electrons. The van der Waals surface area contributed by atoms with Crippen molar-refractivity contribution in [2.45, 2.75) is 0 Å². The minimum atomic E-state index is -0.482. The van der Waals surface area contributed by atoms with Gasteiger partial charge in [-0.2, -0.15) is 19.7 Å². The lowest BCUT2D eigenvalue weighted by Gasteiger charge is -2.05. The van der Waals surface area contributed by atoms with Gasteiger partial charge in [-0.25, -0.2) is 4.68 Å². The van der Waals surface area contributed by atoms with E-state index in [0.29, 0.717) is 21.5 Å². The Morgan fingerprint density at radius 1 is 0.895 bits per heavy atom. The molecule has 0 aliphatic heterocycles. The molecular weight excluding hydrogens is 566 g/mol. The largest absolute Gasteiger partial charge is 0.496 e. The van der Waals surface area contributed by atoms with E-state index in [-0.39, 0.29) is 16.2 Å². The Labute approximate surface area is 228 Å². The number of hydrogen-bond acceptors (Lipinski definition) is 7. The van der Waals surface area contributed by atoms with Crippen LogP contribution in [0, 0.1) is 0 Å². The van der Waals surface area contributed by atoms with Crippen LogP contribution in [0.1, 0.15) is 5.56 Å². The molecule has 0 N–H and O–H groups in total. The number of rotatable bonds is 5. The van der Waals surface area contributed by atoms with Crippen LogP contribution in [0.3, 0.4) is 0 Å². The summed E-state index contributed by atoms with van der Waals surface area (Å²) in [5.41, 5.74) is 3.01. The molecular formula is C28H18BrN5O3S. The Morgan fingerprint density at radius 3 is 2.34 bits per heavy atom. The third-order valence-electron chi connectivity index (χ3n) is 5.91. The molecule has 0 bridgehead atoms. The van der Waals surface area contributed by atoms with Gasteiger partial charge in [0.15, 0.2) is 5.69 Å². The summed E-state index contributed by atoms with van der Waals surface area (Å²) in [6.45, 7) is 0. The zero-order valence-corrected chi connectivity index (χ0v) is 22.3. The maximum Gasteiger partial charge on any atom is 0.300 e. The summed E-state index contributed by atoms with van der Waals surface area (Å²) in [7, 11) is 1.61. The van der Waals surface area contributed by atoms with E-state index in [0.717, 1.165) is 32.6 Å². The Kier molecular flexibility index (Phi) is 6.18.